The molecule has 1 N–H and O–H groups in total. The lowest BCUT2D eigenvalue weighted by molar-refractivity contribution is -0.142. The summed E-state index contributed by atoms with van der Waals surface area (Å²) in [5.74, 6) is -1.36. The molecule has 6 heteroatoms. The lowest BCUT2D eigenvalue weighted by Crippen LogP contribution is -2.44. The molecule has 1 saturated heterocycles. The number of nitrogens with zero attached hydrogens (tertiary/aromatic N) is 3. The Kier molecular flexibility index (Phi) is 4.31. The van der Waals surface area contributed by atoms with Crippen molar-refractivity contribution in [3.63, 3.8) is 0 Å². The molecule has 0 aromatic carbocycles. The van der Waals surface area contributed by atoms with Gasteiger partial charge in [0.25, 0.3) is 5.91 Å². The lowest BCUT2D eigenvalue weighted by atomic mass is 10.1. The van der Waals surface area contributed by atoms with Crippen LogP contribution in [0.3, 0.4) is 0 Å². The molecule has 0 aliphatic carbocycles. The average Bonchev–Trinajstić information content (AvgIpc) is 2.72. The molecule has 1 aliphatic rings. The van der Waals surface area contributed by atoms with Crippen LogP contribution in [0.1, 0.15) is 41.7 Å². The van der Waals surface area contributed by atoms with E-state index in [1.165, 1.54) is 23.2 Å². The number of pyridine rings is 1. The van der Waals surface area contributed by atoms with Gasteiger partial charge in [0.15, 0.2) is 0 Å². The number of carbonyl (C=O) groups is 2. The predicted octanol–water partition coefficient (Wildman–Crippen LogP) is 1.42. The Morgan fingerprint density at radius 3 is 2.75 bits per heavy atom. The summed E-state index contributed by atoms with van der Waals surface area (Å²) in [5.41, 5.74) is 0.546. The summed E-state index contributed by atoms with van der Waals surface area (Å²) < 4.78 is 0. The summed E-state index contributed by atoms with van der Waals surface area (Å²) in [6, 6.07) is 4.11. The van der Waals surface area contributed by atoms with Gasteiger partial charge in [-0.2, -0.15) is 5.26 Å². The molecule has 104 valence electrons. The second-order valence-corrected chi connectivity index (χ2v) is 4.75. The standard InChI is InChI=1S/C14H15N3O3/c15-8-10-5-6-11(16-9-10)13(18)17-7-3-1-2-4-12(17)14(19)20/h5-6,9,12H,1-4,7H2,(H,19,20). The molecule has 0 spiro atoms. The smallest absolute Gasteiger partial charge is 0.326 e. The molecule has 0 saturated carbocycles. The van der Waals surface area contributed by atoms with E-state index in [0.29, 0.717) is 18.5 Å². The largest absolute Gasteiger partial charge is 0.480 e. The minimum atomic E-state index is -0.978. The summed E-state index contributed by atoms with van der Waals surface area (Å²) in [5, 5.41) is 18.0. The third kappa shape index (κ3) is 2.94. The molecule has 1 fully saturated rings. The number of rotatable bonds is 2. The van der Waals surface area contributed by atoms with Gasteiger partial charge in [-0.1, -0.05) is 12.8 Å². The molecule has 0 bridgehead atoms. The van der Waals surface area contributed by atoms with E-state index in [-0.39, 0.29) is 11.6 Å². The SMILES string of the molecule is N#Cc1ccc(C(=O)N2CCCCCC2C(=O)O)nc1. The normalized spacial score (nSPS) is 18.9. The minimum Gasteiger partial charge on any atom is -0.480 e. The van der Waals surface area contributed by atoms with E-state index < -0.39 is 12.0 Å². The fourth-order valence-corrected chi connectivity index (χ4v) is 2.34. The number of carboxylic acids is 1. The fraction of sp³-hybridized carbons (Fsp3) is 0.429. The van der Waals surface area contributed by atoms with Gasteiger partial charge >= 0.3 is 5.97 Å². The summed E-state index contributed by atoms with van der Waals surface area (Å²) in [4.78, 5) is 29.0. The number of amides is 1. The van der Waals surface area contributed by atoms with Crippen molar-refractivity contribution < 1.29 is 14.7 Å². The number of carbonyl (C=O) groups excluding carboxylic acids is 1. The first-order valence-electron chi connectivity index (χ1n) is 6.53. The molecule has 1 amide bonds. The molecule has 1 aliphatic heterocycles. The van der Waals surface area contributed by atoms with E-state index in [4.69, 9.17) is 5.26 Å². The third-order valence-electron chi connectivity index (χ3n) is 3.41. The topological polar surface area (TPSA) is 94.3 Å². The highest BCUT2D eigenvalue weighted by Crippen LogP contribution is 2.19. The quantitative estimate of drug-likeness (QED) is 0.879. The number of hydrogen-bond donors (Lipinski definition) is 1. The van der Waals surface area contributed by atoms with Crippen LogP contribution in [0, 0.1) is 11.3 Å². The van der Waals surface area contributed by atoms with Crippen LogP contribution >= 0.6 is 0 Å². The van der Waals surface area contributed by atoms with Crippen LogP contribution in [0.25, 0.3) is 0 Å². The second-order valence-electron chi connectivity index (χ2n) is 4.75. The maximum absolute atomic E-state index is 12.4. The number of hydrogen-bond acceptors (Lipinski definition) is 4. The van der Waals surface area contributed by atoms with Crippen molar-refractivity contribution >= 4 is 11.9 Å². The Bertz CT molecular complexity index is 548. The number of nitriles is 1. The summed E-state index contributed by atoms with van der Waals surface area (Å²) in [6.07, 6.45) is 4.32. The van der Waals surface area contributed by atoms with E-state index >= 15 is 0 Å². The Morgan fingerprint density at radius 2 is 2.15 bits per heavy atom. The number of likely N-dealkylation sites (tertiary alicyclic amines) is 1. The van der Waals surface area contributed by atoms with Crippen molar-refractivity contribution in [2.75, 3.05) is 6.54 Å². The molecule has 1 aromatic heterocycles. The lowest BCUT2D eigenvalue weighted by Gasteiger charge is -2.26. The zero-order chi connectivity index (χ0) is 14.5. The first-order chi connectivity index (χ1) is 9.63. The highest BCUT2D eigenvalue weighted by Gasteiger charge is 2.31. The van der Waals surface area contributed by atoms with Crippen molar-refractivity contribution in [2.24, 2.45) is 0 Å². The van der Waals surface area contributed by atoms with Gasteiger partial charge in [0.2, 0.25) is 0 Å². The molecule has 6 nitrogen and oxygen atoms in total. The van der Waals surface area contributed by atoms with E-state index in [1.807, 2.05) is 6.07 Å². The van der Waals surface area contributed by atoms with Gasteiger partial charge in [-0.3, -0.25) is 4.79 Å². The van der Waals surface area contributed by atoms with Gasteiger partial charge in [0, 0.05) is 12.7 Å². The summed E-state index contributed by atoms with van der Waals surface area (Å²) >= 11 is 0. The van der Waals surface area contributed by atoms with Gasteiger partial charge in [0.1, 0.15) is 17.8 Å². The number of aliphatic carboxylic acids is 1. The summed E-state index contributed by atoms with van der Waals surface area (Å²) in [7, 11) is 0. The molecule has 0 radical (unpaired) electrons. The van der Waals surface area contributed by atoms with Crippen LogP contribution in [0.4, 0.5) is 0 Å². The van der Waals surface area contributed by atoms with Gasteiger partial charge in [0.05, 0.1) is 5.56 Å². The van der Waals surface area contributed by atoms with E-state index in [9.17, 15) is 14.7 Å². The zero-order valence-electron chi connectivity index (χ0n) is 11.0. The van der Waals surface area contributed by atoms with Gasteiger partial charge < -0.3 is 10.0 Å². The van der Waals surface area contributed by atoms with Crippen LogP contribution in [0.5, 0.6) is 0 Å². The summed E-state index contributed by atoms with van der Waals surface area (Å²) in [6.45, 7) is 0.428. The molecule has 20 heavy (non-hydrogen) atoms. The van der Waals surface area contributed by atoms with E-state index in [1.54, 1.807) is 0 Å². The highest BCUT2D eigenvalue weighted by molar-refractivity contribution is 5.95. The van der Waals surface area contributed by atoms with Crippen LogP contribution in [0.15, 0.2) is 18.3 Å². The fourth-order valence-electron chi connectivity index (χ4n) is 2.34. The van der Waals surface area contributed by atoms with Crippen LogP contribution in [-0.2, 0) is 4.79 Å². The monoisotopic (exact) mass is 273 g/mol. The molecule has 1 unspecified atom stereocenters. The Hall–Kier alpha value is -2.42. The molecular formula is C14H15N3O3. The minimum absolute atomic E-state index is 0.178. The average molecular weight is 273 g/mol. The number of carboxylic acid groups (broad SMARTS) is 1. The second kappa shape index (κ2) is 6.15. The van der Waals surface area contributed by atoms with Crippen LogP contribution in [0.2, 0.25) is 0 Å². The molecule has 1 aromatic rings. The van der Waals surface area contributed by atoms with Gasteiger partial charge in [-0.05, 0) is 25.0 Å². The van der Waals surface area contributed by atoms with Crippen LogP contribution < -0.4 is 0 Å². The maximum Gasteiger partial charge on any atom is 0.326 e. The van der Waals surface area contributed by atoms with Crippen molar-refractivity contribution in [2.45, 2.75) is 31.7 Å². The Morgan fingerprint density at radius 1 is 1.35 bits per heavy atom. The molecule has 2 rings (SSSR count). The van der Waals surface area contributed by atoms with Crippen molar-refractivity contribution in [1.29, 1.82) is 5.26 Å². The van der Waals surface area contributed by atoms with Gasteiger partial charge in [-0.15, -0.1) is 0 Å². The zero-order valence-corrected chi connectivity index (χ0v) is 11.0. The van der Waals surface area contributed by atoms with E-state index in [0.717, 1.165) is 19.3 Å². The van der Waals surface area contributed by atoms with Crippen LogP contribution in [-0.4, -0.2) is 39.5 Å². The predicted molar refractivity (Wildman–Crippen MR) is 69.9 cm³/mol. The molecule has 2 heterocycles. The van der Waals surface area contributed by atoms with Crippen molar-refractivity contribution in [1.82, 2.24) is 9.88 Å². The highest BCUT2D eigenvalue weighted by atomic mass is 16.4. The Labute approximate surface area is 116 Å². The first-order valence-corrected chi connectivity index (χ1v) is 6.53. The Balaban J connectivity index is 2.23. The maximum atomic E-state index is 12.4. The van der Waals surface area contributed by atoms with Gasteiger partial charge in [-0.25, -0.2) is 9.78 Å². The molecule has 1 atom stereocenters. The number of aromatic nitrogens is 1. The first kappa shape index (κ1) is 14.0. The molecular weight excluding hydrogens is 258 g/mol. The van der Waals surface area contributed by atoms with Crippen molar-refractivity contribution in [3.05, 3.63) is 29.6 Å². The van der Waals surface area contributed by atoms with E-state index in [2.05, 4.69) is 4.98 Å². The van der Waals surface area contributed by atoms with Crippen molar-refractivity contribution in [3.8, 4) is 6.07 Å². The third-order valence-corrected chi connectivity index (χ3v) is 3.41.